The van der Waals surface area contributed by atoms with E-state index in [0.717, 1.165) is 15.8 Å². The Labute approximate surface area is 164 Å². The van der Waals surface area contributed by atoms with E-state index in [9.17, 15) is 14.7 Å². The Kier molecular flexibility index (Phi) is 4.70. The summed E-state index contributed by atoms with van der Waals surface area (Å²) >= 11 is 1.47. The summed E-state index contributed by atoms with van der Waals surface area (Å²) in [6, 6.07) is 15.1. The fourth-order valence-electron chi connectivity index (χ4n) is 2.83. The average Bonchev–Trinajstić information content (AvgIpc) is 3.22. The maximum absolute atomic E-state index is 12.2. The van der Waals surface area contributed by atoms with E-state index in [1.54, 1.807) is 12.1 Å². The molecule has 0 fully saturated rings. The summed E-state index contributed by atoms with van der Waals surface area (Å²) in [5.41, 5.74) is 1.85. The molecule has 142 valence electrons. The SMILES string of the molecule is CN1CC(C(=O)NCc2ccc(Oc3nc4ccccc4s3)cc2)=C(O)C1=O. The minimum absolute atomic E-state index is 0.0864. The third-order valence-electron chi connectivity index (χ3n) is 4.36. The van der Waals surface area contributed by atoms with Gasteiger partial charge in [0.15, 0.2) is 5.76 Å². The third-order valence-corrected chi connectivity index (χ3v) is 5.27. The van der Waals surface area contributed by atoms with Crippen LogP contribution in [-0.2, 0) is 16.1 Å². The molecule has 7 nitrogen and oxygen atoms in total. The van der Waals surface area contributed by atoms with Crippen LogP contribution in [0.25, 0.3) is 10.2 Å². The van der Waals surface area contributed by atoms with Crippen molar-refractivity contribution in [3.8, 4) is 10.9 Å². The lowest BCUT2D eigenvalue weighted by Gasteiger charge is -2.09. The minimum atomic E-state index is -0.540. The van der Waals surface area contributed by atoms with Crippen molar-refractivity contribution in [3.05, 3.63) is 65.4 Å². The number of para-hydroxylation sites is 1. The van der Waals surface area contributed by atoms with E-state index in [0.29, 0.717) is 10.9 Å². The number of fused-ring (bicyclic) bond motifs is 1. The zero-order chi connectivity index (χ0) is 19.7. The molecule has 2 amide bonds. The topological polar surface area (TPSA) is 91.8 Å². The van der Waals surface area contributed by atoms with Crippen LogP contribution in [0.5, 0.6) is 10.9 Å². The number of likely N-dealkylation sites (N-methyl/N-ethyl adjacent to an activating group) is 1. The molecule has 1 aliphatic rings. The van der Waals surface area contributed by atoms with Crippen LogP contribution in [0.4, 0.5) is 0 Å². The molecule has 0 spiro atoms. The Bertz CT molecular complexity index is 1060. The number of aliphatic hydroxyl groups excluding tert-OH is 1. The number of ether oxygens (including phenoxy) is 1. The van der Waals surface area contributed by atoms with Gasteiger partial charge in [0.05, 0.1) is 22.3 Å². The Morgan fingerprint density at radius 2 is 2.00 bits per heavy atom. The molecule has 4 rings (SSSR count). The Hall–Kier alpha value is -3.39. The van der Waals surface area contributed by atoms with Crippen molar-refractivity contribution in [3.63, 3.8) is 0 Å². The molecule has 2 heterocycles. The molecule has 2 aromatic carbocycles. The molecule has 0 unspecified atom stereocenters. The largest absolute Gasteiger partial charge is 0.503 e. The van der Waals surface area contributed by atoms with Gasteiger partial charge in [0, 0.05) is 13.6 Å². The van der Waals surface area contributed by atoms with Gasteiger partial charge in [0.25, 0.3) is 17.0 Å². The van der Waals surface area contributed by atoms with Gasteiger partial charge in [-0.25, -0.2) is 4.98 Å². The number of nitrogens with zero attached hydrogens (tertiary/aromatic N) is 2. The molecule has 3 aromatic rings. The number of amides is 2. The van der Waals surface area contributed by atoms with Crippen molar-refractivity contribution in [2.75, 3.05) is 13.6 Å². The molecule has 0 bridgehead atoms. The zero-order valence-corrected chi connectivity index (χ0v) is 15.8. The summed E-state index contributed by atoms with van der Waals surface area (Å²) in [4.78, 5) is 29.5. The first-order valence-electron chi connectivity index (χ1n) is 8.59. The highest BCUT2D eigenvalue weighted by atomic mass is 32.1. The van der Waals surface area contributed by atoms with Crippen LogP contribution < -0.4 is 10.1 Å². The summed E-state index contributed by atoms with van der Waals surface area (Å²) in [6.07, 6.45) is 0. The second-order valence-electron chi connectivity index (χ2n) is 6.36. The highest BCUT2D eigenvalue weighted by Gasteiger charge is 2.31. The summed E-state index contributed by atoms with van der Waals surface area (Å²) in [6.45, 7) is 0.375. The smallest absolute Gasteiger partial charge is 0.289 e. The van der Waals surface area contributed by atoms with Gasteiger partial charge in [-0.3, -0.25) is 9.59 Å². The lowest BCUT2D eigenvalue weighted by atomic mass is 10.2. The molecule has 28 heavy (non-hydrogen) atoms. The molecular formula is C20H17N3O4S. The molecule has 1 aliphatic heterocycles. The van der Waals surface area contributed by atoms with E-state index >= 15 is 0 Å². The van der Waals surface area contributed by atoms with Crippen molar-refractivity contribution < 1.29 is 19.4 Å². The number of aliphatic hydroxyl groups is 1. The molecule has 2 N–H and O–H groups in total. The standard InChI is InChI=1S/C20H17N3O4S/c1-23-11-14(17(24)19(23)26)18(25)21-10-12-6-8-13(9-7-12)27-20-22-15-4-2-3-5-16(15)28-20/h2-9,24H,10-11H2,1H3,(H,21,25). The number of thiazole rings is 1. The lowest BCUT2D eigenvalue weighted by Crippen LogP contribution is -2.27. The molecule has 0 saturated heterocycles. The second kappa shape index (κ2) is 7.32. The third kappa shape index (κ3) is 3.54. The molecule has 0 radical (unpaired) electrons. The predicted molar refractivity (Wildman–Crippen MR) is 105 cm³/mol. The zero-order valence-electron chi connectivity index (χ0n) is 15.0. The van der Waals surface area contributed by atoms with E-state index in [1.165, 1.54) is 23.3 Å². The summed E-state index contributed by atoms with van der Waals surface area (Å²) in [5, 5.41) is 13.0. The van der Waals surface area contributed by atoms with Gasteiger partial charge < -0.3 is 20.1 Å². The summed E-state index contributed by atoms with van der Waals surface area (Å²) < 4.78 is 6.86. The molecule has 8 heteroatoms. The number of carbonyl (C=O) groups excluding carboxylic acids is 2. The van der Waals surface area contributed by atoms with Crippen LogP contribution in [0.3, 0.4) is 0 Å². The van der Waals surface area contributed by atoms with E-state index < -0.39 is 17.6 Å². The lowest BCUT2D eigenvalue weighted by molar-refractivity contribution is -0.126. The number of nitrogens with one attached hydrogen (secondary N) is 1. The Morgan fingerprint density at radius 3 is 2.68 bits per heavy atom. The van der Waals surface area contributed by atoms with Crippen LogP contribution in [0.15, 0.2) is 59.9 Å². The van der Waals surface area contributed by atoms with E-state index in [4.69, 9.17) is 4.74 Å². The number of hydrogen-bond acceptors (Lipinski definition) is 6. The first-order chi connectivity index (χ1) is 13.5. The number of carbonyl (C=O) groups is 2. The van der Waals surface area contributed by atoms with E-state index in [1.807, 2.05) is 36.4 Å². The second-order valence-corrected chi connectivity index (χ2v) is 7.36. The highest BCUT2D eigenvalue weighted by Crippen LogP contribution is 2.31. The maximum atomic E-state index is 12.2. The first kappa shape index (κ1) is 18.0. The van der Waals surface area contributed by atoms with Gasteiger partial charge in [-0.15, -0.1) is 0 Å². The first-order valence-corrected chi connectivity index (χ1v) is 9.41. The minimum Gasteiger partial charge on any atom is -0.503 e. The average molecular weight is 395 g/mol. The molecule has 0 aliphatic carbocycles. The number of benzene rings is 2. The monoisotopic (exact) mass is 395 g/mol. The van der Waals surface area contributed by atoms with Crippen molar-refractivity contribution in [2.24, 2.45) is 0 Å². The number of hydrogen-bond donors (Lipinski definition) is 2. The molecule has 0 saturated carbocycles. The van der Waals surface area contributed by atoms with Gasteiger partial charge in [-0.05, 0) is 29.8 Å². The van der Waals surface area contributed by atoms with E-state index in [-0.39, 0.29) is 18.7 Å². The van der Waals surface area contributed by atoms with E-state index in [2.05, 4.69) is 10.3 Å². The van der Waals surface area contributed by atoms with Gasteiger partial charge in [0.1, 0.15) is 5.75 Å². The maximum Gasteiger partial charge on any atom is 0.289 e. The quantitative estimate of drug-likeness (QED) is 0.693. The van der Waals surface area contributed by atoms with Gasteiger partial charge in [-0.1, -0.05) is 35.6 Å². The van der Waals surface area contributed by atoms with Crippen LogP contribution in [0.1, 0.15) is 5.56 Å². The predicted octanol–water partition coefficient (Wildman–Crippen LogP) is 2.99. The number of aromatic nitrogens is 1. The number of rotatable bonds is 5. The van der Waals surface area contributed by atoms with Crippen LogP contribution >= 0.6 is 11.3 Å². The van der Waals surface area contributed by atoms with Crippen LogP contribution in [0.2, 0.25) is 0 Å². The fraction of sp³-hybridized carbons (Fsp3) is 0.150. The molecular weight excluding hydrogens is 378 g/mol. The normalized spacial score (nSPS) is 14.0. The van der Waals surface area contributed by atoms with Crippen molar-refractivity contribution in [1.82, 2.24) is 15.2 Å². The van der Waals surface area contributed by atoms with Gasteiger partial charge in [-0.2, -0.15) is 0 Å². The Balaban J connectivity index is 1.37. The summed E-state index contributed by atoms with van der Waals surface area (Å²) in [5.74, 6) is -0.830. The van der Waals surface area contributed by atoms with Gasteiger partial charge >= 0.3 is 0 Å². The molecule has 1 aromatic heterocycles. The van der Waals surface area contributed by atoms with Gasteiger partial charge in [0.2, 0.25) is 0 Å². The molecule has 0 atom stereocenters. The van der Waals surface area contributed by atoms with Crippen molar-refractivity contribution in [1.29, 1.82) is 0 Å². The van der Waals surface area contributed by atoms with Crippen molar-refractivity contribution >= 4 is 33.4 Å². The highest BCUT2D eigenvalue weighted by molar-refractivity contribution is 7.20. The fourth-order valence-corrected chi connectivity index (χ4v) is 3.67. The van der Waals surface area contributed by atoms with Crippen LogP contribution in [-0.4, -0.2) is 40.4 Å². The van der Waals surface area contributed by atoms with Crippen molar-refractivity contribution in [2.45, 2.75) is 6.54 Å². The Morgan fingerprint density at radius 1 is 1.25 bits per heavy atom. The van der Waals surface area contributed by atoms with Crippen LogP contribution in [0, 0.1) is 0 Å². The summed E-state index contributed by atoms with van der Waals surface area (Å²) in [7, 11) is 1.53.